The molecule has 0 radical (unpaired) electrons. The molecule has 0 saturated carbocycles. The van der Waals surface area contributed by atoms with E-state index in [-0.39, 0.29) is 0 Å². The SMILES string of the molecule is CC(O)/C=C/c1cc(Cl)c2c(c1)OCCO2. The van der Waals surface area contributed by atoms with Gasteiger partial charge in [0.25, 0.3) is 0 Å². The zero-order chi connectivity index (χ0) is 11.5. The lowest BCUT2D eigenvalue weighted by Gasteiger charge is -2.19. The van der Waals surface area contributed by atoms with Gasteiger partial charge in [-0.2, -0.15) is 0 Å². The van der Waals surface area contributed by atoms with Gasteiger partial charge in [-0.15, -0.1) is 0 Å². The number of aliphatic hydroxyl groups is 1. The Morgan fingerprint density at radius 1 is 1.38 bits per heavy atom. The first kappa shape index (κ1) is 11.3. The number of halogens is 1. The first-order valence-corrected chi connectivity index (χ1v) is 5.50. The summed E-state index contributed by atoms with van der Waals surface area (Å²) >= 11 is 6.06. The molecule has 3 nitrogen and oxygen atoms in total. The maximum atomic E-state index is 9.15. The van der Waals surface area contributed by atoms with E-state index in [0.717, 1.165) is 5.56 Å². The molecular weight excluding hydrogens is 228 g/mol. The van der Waals surface area contributed by atoms with Gasteiger partial charge in [0, 0.05) is 0 Å². The van der Waals surface area contributed by atoms with Gasteiger partial charge >= 0.3 is 0 Å². The average Bonchev–Trinajstić information content (AvgIpc) is 2.26. The number of hydrogen-bond donors (Lipinski definition) is 1. The molecule has 1 atom stereocenters. The molecule has 1 aromatic carbocycles. The summed E-state index contributed by atoms with van der Waals surface area (Å²) in [5.74, 6) is 1.26. The molecule has 0 saturated heterocycles. The van der Waals surface area contributed by atoms with Crippen LogP contribution in [-0.4, -0.2) is 24.4 Å². The summed E-state index contributed by atoms with van der Waals surface area (Å²) in [6.07, 6.45) is 3.00. The highest BCUT2D eigenvalue weighted by molar-refractivity contribution is 6.32. The Morgan fingerprint density at radius 2 is 2.12 bits per heavy atom. The standard InChI is InChI=1S/C12H13ClO3/c1-8(14)2-3-9-6-10(13)12-11(7-9)15-4-5-16-12/h2-3,6-8,14H,4-5H2,1H3/b3-2+. The molecule has 4 heteroatoms. The minimum atomic E-state index is -0.480. The van der Waals surface area contributed by atoms with E-state index >= 15 is 0 Å². The van der Waals surface area contributed by atoms with Crippen molar-refractivity contribution in [2.75, 3.05) is 13.2 Å². The van der Waals surface area contributed by atoms with Crippen molar-refractivity contribution in [1.29, 1.82) is 0 Å². The third kappa shape index (κ3) is 2.49. The van der Waals surface area contributed by atoms with Crippen molar-refractivity contribution in [3.63, 3.8) is 0 Å². The largest absolute Gasteiger partial charge is 0.486 e. The molecule has 1 aliphatic heterocycles. The van der Waals surface area contributed by atoms with E-state index < -0.39 is 6.10 Å². The summed E-state index contributed by atoms with van der Waals surface area (Å²) in [5, 5.41) is 9.68. The Labute approximate surface area is 99.3 Å². The molecule has 0 bridgehead atoms. The lowest BCUT2D eigenvalue weighted by atomic mass is 10.1. The fourth-order valence-corrected chi connectivity index (χ4v) is 1.75. The van der Waals surface area contributed by atoms with Gasteiger partial charge in [0.1, 0.15) is 13.2 Å². The molecule has 1 N–H and O–H groups in total. The summed E-state index contributed by atoms with van der Waals surface area (Å²) in [7, 11) is 0. The monoisotopic (exact) mass is 240 g/mol. The van der Waals surface area contributed by atoms with Crippen LogP contribution >= 0.6 is 11.6 Å². The van der Waals surface area contributed by atoms with Crippen LogP contribution in [0, 0.1) is 0 Å². The Bertz CT molecular complexity index is 413. The lowest BCUT2D eigenvalue weighted by molar-refractivity contribution is 0.171. The number of aliphatic hydroxyl groups excluding tert-OH is 1. The van der Waals surface area contributed by atoms with Crippen molar-refractivity contribution in [2.45, 2.75) is 13.0 Å². The van der Waals surface area contributed by atoms with E-state index in [4.69, 9.17) is 26.2 Å². The number of hydrogen-bond acceptors (Lipinski definition) is 3. The van der Waals surface area contributed by atoms with Crippen LogP contribution in [0.3, 0.4) is 0 Å². The van der Waals surface area contributed by atoms with Gasteiger partial charge in [-0.05, 0) is 24.6 Å². The number of fused-ring (bicyclic) bond motifs is 1. The molecule has 0 amide bonds. The summed E-state index contributed by atoms with van der Waals surface area (Å²) in [6, 6.07) is 3.63. The molecule has 16 heavy (non-hydrogen) atoms. The summed E-state index contributed by atoms with van der Waals surface area (Å²) in [6.45, 7) is 2.75. The summed E-state index contributed by atoms with van der Waals surface area (Å²) in [5.41, 5.74) is 0.884. The molecule has 0 aliphatic carbocycles. The normalized spacial score (nSPS) is 16.4. The van der Waals surface area contributed by atoms with Gasteiger partial charge in [0.15, 0.2) is 11.5 Å². The van der Waals surface area contributed by atoms with Crippen molar-refractivity contribution in [3.8, 4) is 11.5 Å². The van der Waals surface area contributed by atoms with Crippen molar-refractivity contribution < 1.29 is 14.6 Å². The number of benzene rings is 1. The second-order valence-electron chi connectivity index (χ2n) is 3.63. The predicted molar refractivity (Wildman–Crippen MR) is 63.2 cm³/mol. The fraction of sp³-hybridized carbons (Fsp3) is 0.333. The first-order chi connectivity index (χ1) is 7.66. The molecule has 1 unspecified atom stereocenters. The minimum Gasteiger partial charge on any atom is -0.486 e. The molecule has 1 aromatic rings. The Kier molecular flexibility index (Phi) is 3.36. The maximum Gasteiger partial charge on any atom is 0.179 e. The summed E-state index contributed by atoms with van der Waals surface area (Å²) in [4.78, 5) is 0. The van der Waals surface area contributed by atoms with E-state index in [0.29, 0.717) is 29.7 Å². The van der Waals surface area contributed by atoms with Gasteiger partial charge in [0.05, 0.1) is 11.1 Å². The minimum absolute atomic E-state index is 0.480. The third-order valence-corrected chi connectivity index (χ3v) is 2.47. The summed E-state index contributed by atoms with van der Waals surface area (Å²) < 4.78 is 10.9. The van der Waals surface area contributed by atoms with Gasteiger partial charge in [-0.1, -0.05) is 23.8 Å². The molecule has 86 valence electrons. The topological polar surface area (TPSA) is 38.7 Å². The van der Waals surface area contributed by atoms with E-state index in [1.165, 1.54) is 0 Å². The molecule has 1 aliphatic rings. The van der Waals surface area contributed by atoms with Crippen LogP contribution in [0.1, 0.15) is 12.5 Å². The van der Waals surface area contributed by atoms with E-state index in [2.05, 4.69) is 0 Å². The van der Waals surface area contributed by atoms with Crippen LogP contribution < -0.4 is 9.47 Å². The first-order valence-electron chi connectivity index (χ1n) is 5.12. The molecule has 1 heterocycles. The van der Waals surface area contributed by atoms with E-state index in [9.17, 15) is 0 Å². The van der Waals surface area contributed by atoms with Crippen LogP contribution in [0.25, 0.3) is 6.08 Å². The van der Waals surface area contributed by atoms with Crippen molar-refractivity contribution in [1.82, 2.24) is 0 Å². The van der Waals surface area contributed by atoms with Gasteiger partial charge < -0.3 is 14.6 Å². The zero-order valence-corrected chi connectivity index (χ0v) is 9.70. The molecule has 2 rings (SSSR count). The number of ether oxygens (including phenoxy) is 2. The number of rotatable bonds is 2. The average molecular weight is 241 g/mol. The molecular formula is C12H13ClO3. The van der Waals surface area contributed by atoms with Gasteiger partial charge in [0.2, 0.25) is 0 Å². The molecule has 0 spiro atoms. The Morgan fingerprint density at radius 3 is 2.88 bits per heavy atom. The van der Waals surface area contributed by atoms with Crippen molar-refractivity contribution in [3.05, 3.63) is 28.8 Å². The quantitative estimate of drug-likeness (QED) is 0.863. The highest BCUT2D eigenvalue weighted by Gasteiger charge is 2.15. The van der Waals surface area contributed by atoms with Gasteiger partial charge in [-0.3, -0.25) is 0 Å². The fourth-order valence-electron chi connectivity index (χ4n) is 1.48. The van der Waals surface area contributed by atoms with Crippen LogP contribution in [0.2, 0.25) is 5.02 Å². The van der Waals surface area contributed by atoms with Gasteiger partial charge in [-0.25, -0.2) is 0 Å². The van der Waals surface area contributed by atoms with Crippen LogP contribution in [-0.2, 0) is 0 Å². The van der Waals surface area contributed by atoms with Crippen molar-refractivity contribution >= 4 is 17.7 Å². The second-order valence-corrected chi connectivity index (χ2v) is 4.03. The lowest BCUT2D eigenvalue weighted by Crippen LogP contribution is -2.15. The van der Waals surface area contributed by atoms with E-state index in [1.807, 2.05) is 6.07 Å². The maximum absolute atomic E-state index is 9.15. The third-order valence-electron chi connectivity index (χ3n) is 2.19. The smallest absolute Gasteiger partial charge is 0.179 e. The van der Waals surface area contributed by atoms with Crippen molar-refractivity contribution in [2.24, 2.45) is 0 Å². The van der Waals surface area contributed by atoms with E-state index in [1.54, 1.807) is 25.1 Å². The molecule has 0 fully saturated rings. The zero-order valence-electron chi connectivity index (χ0n) is 8.94. The highest BCUT2D eigenvalue weighted by Crippen LogP contribution is 2.38. The Balaban J connectivity index is 2.32. The Hall–Kier alpha value is -1.19. The second kappa shape index (κ2) is 4.76. The van der Waals surface area contributed by atoms with Crippen LogP contribution in [0.5, 0.6) is 11.5 Å². The molecule has 0 aromatic heterocycles. The highest BCUT2D eigenvalue weighted by atomic mass is 35.5. The predicted octanol–water partition coefficient (Wildman–Crippen LogP) is 2.51. The van der Waals surface area contributed by atoms with Crippen LogP contribution in [0.4, 0.5) is 0 Å². The van der Waals surface area contributed by atoms with Crippen LogP contribution in [0.15, 0.2) is 18.2 Å².